The fraction of sp³-hybridized carbons (Fsp3) is 0.0667. The zero-order valence-electron chi connectivity index (χ0n) is 10.1. The number of hydrogen-bond acceptors (Lipinski definition) is 3. The zero-order chi connectivity index (χ0) is 13.5. The van der Waals surface area contributed by atoms with Crippen molar-refractivity contribution >= 4 is 17.8 Å². The summed E-state index contributed by atoms with van der Waals surface area (Å²) in [6.45, 7) is 0.272. The lowest BCUT2D eigenvalue weighted by molar-refractivity contribution is 0.132. The van der Waals surface area contributed by atoms with Gasteiger partial charge in [-0.15, -0.1) is 0 Å². The average molecular weight is 271 g/mol. The lowest BCUT2D eigenvalue weighted by Gasteiger charge is -2.01. The first-order valence-electron chi connectivity index (χ1n) is 5.68. The summed E-state index contributed by atoms with van der Waals surface area (Å²) in [4.78, 5) is 5.18. The van der Waals surface area contributed by atoms with Crippen LogP contribution in [0.4, 0.5) is 0 Å². The number of oxime groups is 1. The molecule has 0 heterocycles. The van der Waals surface area contributed by atoms with E-state index < -0.39 is 0 Å². The first-order valence-corrected chi connectivity index (χ1v) is 6.06. The predicted octanol–water partition coefficient (Wildman–Crippen LogP) is 3.76. The second-order valence-electron chi connectivity index (χ2n) is 3.83. The van der Waals surface area contributed by atoms with Crippen LogP contribution in [-0.4, -0.2) is 6.21 Å². The Labute approximate surface area is 116 Å². The van der Waals surface area contributed by atoms with Crippen LogP contribution >= 0.6 is 11.6 Å². The molecule has 0 N–H and O–H groups in total. The minimum Gasteiger partial charge on any atom is -0.391 e. The topological polar surface area (TPSA) is 45.4 Å². The molecule has 0 spiro atoms. The molecule has 0 fully saturated rings. The van der Waals surface area contributed by atoms with Gasteiger partial charge in [0.1, 0.15) is 6.61 Å². The minimum absolute atomic E-state index is 0.272. The normalized spacial score (nSPS) is 10.3. The predicted molar refractivity (Wildman–Crippen MR) is 75.0 cm³/mol. The molecule has 2 aromatic rings. The summed E-state index contributed by atoms with van der Waals surface area (Å²) >= 11 is 5.78. The van der Waals surface area contributed by atoms with Crippen molar-refractivity contribution in [2.24, 2.45) is 5.16 Å². The Morgan fingerprint density at radius 2 is 1.89 bits per heavy atom. The highest BCUT2D eigenvalue weighted by atomic mass is 35.5. The van der Waals surface area contributed by atoms with Crippen LogP contribution in [0.1, 0.15) is 16.7 Å². The third-order valence-corrected chi connectivity index (χ3v) is 2.76. The van der Waals surface area contributed by atoms with Crippen molar-refractivity contribution in [2.75, 3.05) is 0 Å². The Bertz CT molecular complexity index is 615. The average Bonchev–Trinajstić information content (AvgIpc) is 2.46. The van der Waals surface area contributed by atoms with E-state index in [-0.39, 0.29) is 6.61 Å². The van der Waals surface area contributed by atoms with Crippen molar-refractivity contribution in [3.63, 3.8) is 0 Å². The lowest BCUT2D eigenvalue weighted by atomic mass is 10.1. The van der Waals surface area contributed by atoms with Crippen molar-refractivity contribution in [2.45, 2.75) is 6.61 Å². The van der Waals surface area contributed by atoms with E-state index in [2.05, 4.69) is 11.2 Å². The van der Waals surface area contributed by atoms with E-state index in [0.717, 1.165) is 11.1 Å². The molecule has 2 rings (SSSR count). The number of nitriles is 1. The van der Waals surface area contributed by atoms with E-state index in [4.69, 9.17) is 21.7 Å². The van der Waals surface area contributed by atoms with Gasteiger partial charge in [0.2, 0.25) is 0 Å². The first kappa shape index (κ1) is 13.1. The van der Waals surface area contributed by atoms with Crippen molar-refractivity contribution in [1.82, 2.24) is 0 Å². The Morgan fingerprint density at radius 1 is 1.16 bits per heavy atom. The molecule has 3 nitrogen and oxygen atoms in total. The van der Waals surface area contributed by atoms with Crippen molar-refractivity contribution in [1.29, 1.82) is 5.26 Å². The van der Waals surface area contributed by atoms with Crippen LogP contribution < -0.4 is 0 Å². The number of benzene rings is 2. The largest absolute Gasteiger partial charge is 0.391 e. The number of halogens is 1. The van der Waals surface area contributed by atoms with Gasteiger partial charge in [0.15, 0.2) is 0 Å². The van der Waals surface area contributed by atoms with E-state index >= 15 is 0 Å². The van der Waals surface area contributed by atoms with Gasteiger partial charge in [0, 0.05) is 10.6 Å². The summed E-state index contributed by atoms with van der Waals surface area (Å²) in [6, 6.07) is 16.7. The zero-order valence-corrected chi connectivity index (χ0v) is 10.8. The third-order valence-electron chi connectivity index (χ3n) is 2.50. The van der Waals surface area contributed by atoms with Crippen molar-refractivity contribution in [3.05, 3.63) is 70.2 Å². The van der Waals surface area contributed by atoms with Crippen LogP contribution in [0.15, 0.2) is 53.7 Å². The van der Waals surface area contributed by atoms with Crippen LogP contribution in [-0.2, 0) is 11.4 Å². The number of hydrogen-bond donors (Lipinski definition) is 0. The molecule has 0 atom stereocenters. The van der Waals surface area contributed by atoms with E-state index in [0.29, 0.717) is 10.6 Å². The molecule has 0 aromatic heterocycles. The van der Waals surface area contributed by atoms with Crippen LogP contribution in [0.2, 0.25) is 5.02 Å². The van der Waals surface area contributed by atoms with Gasteiger partial charge in [0.05, 0.1) is 17.8 Å². The van der Waals surface area contributed by atoms with E-state index in [1.54, 1.807) is 24.4 Å². The molecule has 4 heteroatoms. The molecule has 0 unspecified atom stereocenters. The molecule has 0 saturated heterocycles. The molecular weight excluding hydrogens is 260 g/mol. The highest BCUT2D eigenvalue weighted by Crippen LogP contribution is 2.10. The maximum Gasteiger partial charge on any atom is 0.143 e. The molecule has 0 radical (unpaired) electrons. The second-order valence-corrected chi connectivity index (χ2v) is 4.26. The molecule has 0 bridgehead atoms. The Kier molecular flexibility index (Phi) is 4.54. The fourth-order valence-corrected chi connectivity index (χ4v) is 1.64. The number of nitrogens with zero attached hydrogens (tertiary/aromatic N) is 2. The van der Waals surface area contributed by atoms with Gasteiger partial charge < -0.3 is 4.84 Å². The highest BCUT2D eigenvalue weighted by Gasteiger charge is 1.99. The third kappa shape index (κ3) is 3.84. The maximum absolute atomic E-state index is 8.92. The molecular formula is C15H11ClN2O. The minimum atomic E-state index is 0.272. The van der Waals surface area contributed by atoms with E-state index in [9.17, 15) is 0 Å². The standard InChI is InChI=1S/C15H11ClN2O/c16-15-7-5-12(6-8-15)10-18-19-11-14-4-2-1-3-13(14)9-17/h1-8,10H,11H2. The van der Waals surface area contributed by atoms with E-state index in [1.165, 1.54) is 0 Å². The summed E-state index contributed by atoms with van der Waals surface area (Å²) < 4.78 is 0. The molecule has 94 valence electrons. The summed E-state index contributed by atoms with van der Waals surface area (Å²) in [6.07, 6.45) is 1.60. The van der Waals surface area contributed by atoms with Gasteiger partial charge in [-0.2, -0.15) is 5.26 Å². The molecule has 0 saturated carbocycles. The Morgan fingerprint density at radius 3 is 2.63 bits per heavy atom. The lowest BCUT2D eigenvalue weighted by Crippen LogP contribution is -1.92. The van der Waals surface area contributed by atoms with E-state index in [1.807, 2.05) is 30.3 Å². The quantitative estimate of drug-likeness (QED) is 0.627. The molecule has 0 amide bonds. The molecule has 0 aliphatic rings. The van der Waals surface area contributed by atoms with Gasteiger partial charge in [0.25, 0.3) is 0 Å². The van der Waals surface area contributed by atoms with Crippen LogP contribution in [0.3, 0.4) is 0 Å². The Hall–Kier alpha value is -2.31. The van der Waals surface area contributed by atoms with Gasteiger partial charge >= 0.3 is 0 Å². The van der Waals surface area contributed by atoms with Gasteiger partial charge in [-0.25, -0.2) is 0 Å². The van der Waals surface area contributed by atoms with Crippen molar-refractivity contribution < 1.29 is 4.84 Å². The molecule has 2 aromatic carbocycles. The summed E-state index contributed by atoms with van der Waals surface area (Å²) in [5, 5.41) is 13.5. The maximum atomic E-state index is 8.92. The first-order chi connectivity index (χ1) is 9.29. The van der Waals surface area contributed by atoms with Crippen LogP contribution in [0.5, 0.6) is 0 Å². The summed E-state index contributed by atoms with van der Waals surface area (Å²) in [7, 11) is 0. The fourth-order valence-electron chi connectivity index (χ4n) is 1.51. The molecule has 0 aliphatic carbocycles. The van der Waals surface area contributed by atoms with Gasteiger partial charge in [-0.3, -0.25) is 0 Å². The van der Waals surface area contributed by atoms with Gasteiger partial charge in [-0.05, 0) is 23.8 Å². The molecule has 0 aliphatic heterocycles. The summed E-state index contributed by atoms with van der Waals surface area (Å²) in [5.74, 6) is 0. The smallest absolute Gasteiger partial charge is 0.143 e. The summed E-state index contributed by atoms with van der Waals surface area (Å²) in [5.41, 5.74) is 2.32. The van der Waals surface area contributed by atoms with Crippen molar-refractivity contribution in [3.8, 4) is 6.07 Å². The SMILES string of the molecule is N#Cc1ccccc1CON=Cc1ccc(Cl)cc1. The molecule has 19 heavy (non-hydrogen) atoms. The highest BCUT2D eigenvalue weighted by molar-refractivity contribution is 6.30. The number of rotatable bonds is 4. The second kappa shape index (κ2) is 6.58. The monoisotopic (exact) mass is 270 g/mol. The van der Waals surface area contributed by atoms with Crippen LogP contribution in [0, 0.1) is 11.3 Å². The Balaban J connectivity index is 1.93. The van der Waals surface area contributed by atoms with Gasteiger partial charge in [-0.1, -0.05) is 47.1 Å². The van der Waals surface area contributed by atoms with Crippen LogP contribution in [0.25, 0.3) is 0 Å².